The fraction of sp³-hybridized carbons (Fsp3) is 0.492. The number of alkyl halides is 24. The summed E-state index contributed by atoms with van der Waals surface area (Å²) in [7, 11) is -2.09. The van der Waals surface area contributed by atoms with E-state index in [4.69, 9.17) is 14.3 Å². The van der Waals surface area contributed by atoms with Crippen molar-refractivity contribution in [1.29, 1.82) is 0 Å². The maximum Gasteiger partial charge on any atom is 0.416 e. The van der Waals surface area contributed by atoms with E-state index in [1.807, 2.05) is 0 Å². The molecule has 9 nitrogen and oxygen atoms in total. The number of nitrogens with zero attached hydrogens (tertiary/aromatic N) is 9. The van der Waals surface area contributed by atoms with Gasteiger partial charge in [-0.2, -0.15) is 127 Å². The first-order valence-electron chi connectivity index (χ1n) is 30.9. The number of hydrogen-bond donors (Lipinski definition) is 0. The topological polar surface area (TPSA) is 66.7 Å². The summed E-state index contributed by atoms with van der Waals surface area (Å²) in [5, 5.41) is 0. The molecule has 0 aliphatic carbocycles. The lowest BCUT2D eigenvalue weighted by Gasteiger charge is -2.46. The second kappa shape index (κ2) is 28.2. The Morgan fingerprint density at radius 3 is 0.460 bits per heavy atom. The minimum absolute atomic E-state index is 0.259. The molecule has 35 heteroatoms. The summed E-state index contributed by atoms with van der Waals surface area (Å²) in [6.45, 7) is 40.1. The Balaban J connectivity index is 0.000000328. The highest BCUT2D eigenvalue weighted by Gasteiger charge is 2.48. The van der Waals surface area contributed by atoms with E-state index in [2.05, 4.69) is 152 Å². The van der Waals surface area contributed by atoms with Crippen molar-refractivity contribution in [3.63, 3.8) is 0 Å². The summed E-state index contributed by atoms with van der Waals surface area (Å²) in [5.41, 5.74) is -19.9. The van der Waals surface area contributed by atoms with Crippen LogP contribution in [0.5, 0.6) is 0 Å². The molecule has 0 atom stereocenters. The lowest BCUT2D eigenvalue weighted by molar-refractivity contribution is -0.144. The van der Waals surface area contributed by atoms with Crippen molar-refractivity contribution < 1.29 is 105 Å². The third-order valence-electron chi connectivity index (χ3n) is 17.2. The van der Waals surface area contributed by atoms with Crippen molar-refractivity contribution in [3.05, 3.63) is 168 Å². The molecule has 3 aromatic heterocycles. The molecule has 0 radical (unpaired) electrons. The summed E-state index contributed by atoms with van der Waals surface area (Å²) in [5.74, 6) is 0. The molecule has 554 valence electrons. The van der Waals surface area contributed by atoms with Gasteiger partial charge in [-0.25, -0.2) is 0 Å². The molecule has 0 aliphatic rings. The van der Waals surface area contributed by atoms with E-state index in [1.54, 1.807) is 0 Å². The van der Waals surface area contributed by atoms with Crippen LogP contribution < -0.4 is 38.7 Å². The molecule has 0 aliphatic heterocycles. The van der Waals surface area contributed by atoms with E-state index in [9.17, 15) is 105 Å². The van der Waals surface area contributed by atoms with Crippen molar-refractivity contribution >= 4 is 36.4 Å². The number of imidazole rings is 3. The van der Waals surface area contributed by atoms with Crippen LogP contribution in [0.15, 0.2) is 87.1 Å². The van der Waals surface area contributed by atoms with Gasteiger partial charge in [-0.1, -0.05) is 48.5 Å². The Morgan fingerprint density at radius 2 is 0.360 bits per heavy atom. The number of aromatic nitrogens is 6. The van der Waals surface area contributed by atoms with Gasteiger partial charge >= 0.3 is 57.8 Å². The first-order chi connectivity index (χ1) is 45.1. The lowest BCUT2D eigenvalue weighted by Crippen LogP contribution is -2.75. The van der Waals surface area contributed by atoms with Gasteiger partial charge in [0.25, 0.3) is 16.9 Å². The largest absolute Gasteiger partial charge is 0.416 e. The number of benzene rings is 4. The maximum absolute atomic E-state index is 14.2. The van der Waals surface area contributed by atoms with Gasteiger partial charge < -0.3 is 27.4 Å². The van der Waals surface area contributed by atoms with E-state index in [-0.39, 0.29) is 36.3 Å². The molecule has 0 spiro atoms. The summed E-state index contributed by atoms with van der Waals surface area (Å²) >= 11 is 0. The number of rotatable bonds is 13. The molecule has 4 aromatic carbocycles. The summed E-state index contributed by atoms with van der Waals surface area (Å²) < 4.78 is 372. The first-order valence-corrected chi connectivity index (χ1v) is 32.2. The van der Waals surface area contributed by atoms with Gasteiger partial charge in [0.05, 0.1) is 44.5 Å². The molecule has 7 aromatic rings. The fourth-order valence-corrected chi connectivity index (χ4v) is 14.1. The van der Waals surface area contributed by atoms with Crippen molar-refractivity contribution in [3.8, 4) is 0 Å². The molecule has 7 rings (SSSR count). The standard InChI is InChI=1S/C33H60N9P.C32H12BF24/c1-19(2)37-25(13)26(14)38(20(3)4)31(37)34-43(35-32-39(21(5)6)27(15)28(16)40(32)22(7)8)36-33-41(23(9)10)29(17)30(18)42(33)24(11)12;34-25(35,36)13-1-14(26(37,38)39)6-21(5-13)33(22-7-15(27(40,41)42)2-16(8-22)28(43,44)45,23-9-17(29(46,47)48)3-18(10-23)30(49,50)51)24-11-19(31(52,53)54)4-20(12-24)32(55,56)57/h19-24H,1-18H3;1-12H/q;-1/p+1. The summed E-state index contributed by atoms with van der Waals surface area (Å²) in [4.78, 5) is 0. The van der Waals surface area contributed by atoms with Crippen LogP contribution in [0.2, 0.25) is 0 Å². The minimum Gasteiger partial charge on any atom is -0.309 e. The molecule has 0 saturated carbocycles. The third kappa shape index (κ3) is 16.8. The zero-order valence-corrected chi connectivity index (χ0v) is 58.1. The summed E-state index contributed by atoms with van der Waals surface area (Å²) in [6, 6.07) is -7.26. The van der Waals surface area contributed by atoms with Gasteiger partial charge in [0, 0.05) is 70.4 Å². The summed E-state index contributed by atoms with van der Waals surface area (Å²) in [6.07, 6.45) is -54.8. The Morgan fingerprint density at radius 1 is 0.240 bits per heavy atom. The van der Waals surface area contributed by atoms with Gasteiger partial charge in [-0.05, 0) is 163 Å². The average molecular weight is 1480 g/mol. The molecule has 0 fully saturated rings. The number of hydrogen-bond acceptors (Lipinski definition) is 3. The van der Waals surface area contributed by atoms with Crippen molar-refractivity contribution in [1.82, 2.24) is 27.4 Å². The molecular formula is C65H73BF24N9P. The molecule has 0 unspecified atom stereocenters. The Labute approximate surface area is 560 Å². The highest BCUT2D eigenvalue weighted by molar-refractivity contribution is 7.52. The first kappa shape index (κ1) is 81.7. The highest BCUT2D eigenvalue weighted by atomic mass is 31.1. The molecule has 100 heavy (non-hydrogen) atoms. The van der Waals surface area contributed by atoms with Crippen LogP contribution >= 0.6 is 8.37 Å². The van der Waals surface area contributed by atoms with Crippen LogP contribution in [0, 0.1) is 41.5 Å². The second-order valence-electron chi connectivity index (χ2n) is 26.1. The highest BCUT2D eigenvalue weighted by Crippen LogP contribution is 2.43. The molecule has 0 saturated heterocycles. The van der Waals surface area contributed by atoms with Crippen molar-refractivity contribution in [2.45, 2.75) is 210 Å². The van der Waals surface area contributed by atoms with Crippen LogP contribution in [-0.4, -0.2) is 33.5 Å². The predicted octanol–water partition coefficient (Wildman–Crippen LogP) is 19.1. The lowest BCUT2D eigenvalue weighted by atomic mass is 9.12. The van der Waals surface area contributed by atoms with E-state index >= 15 is 0 Å². The Kier molecular flexibility index (Phi) is 23.0. The average Bonchev–Trinajstić information content (AvgIpc) is 1.05. The zero-order chi connectivity index (χ0) is 76.7. The third-order valence-corrected chi connectivity index (χ3v) is 18.4. The minimum atomic E-state index is -6.13. The normalized spacial score (nSPS) is 13.5. The predicted molar refractivity (Wildman–Crippen MR) is 333 cm³/mol. The Bertz CT molecular complexity index is 3630. The fourth-order valence-electron chi connectivity index (χ4n) is 12.7. The van der Waals surface area contributed by atoms with E-state index in [0.29, 0.717) is 0 Å². The molecule has 0 bridgehead atoms. The van der Waals surface area contributed by atoms with Gasteiger partial charge in [-0.3, -0.25) is 0 Å². The Hall–Kier alpha value is -7.28. The maximum atomic E-state index is 14.2. The monoisotopic (exact) mass is 1480 g/mol. The van der Waals surface area contributed by atoms with Gasteiger partial charge in [0.2, 0.25) is 0 Å². The smallest absolute Gasteiger partial charge is 0.309 e. The van der Waals surface area contributed by atoms with Gasteiger partial charge in [0.1, 0.15) is 6.15 Å². The van der Waals surface area contributed by atoms with E-state index in [0.717, 1.165) is 16.9 Å². The van der Waals surface area contributed by atoms with Crippen molar-refractivity contribution in [2.75, 3.05) is 0 Å². The van der Waals surface area contributed by atoms with Crippen LogP contribution in [0.1, 0.15) is 198 Å². The van der Waals surface area contributed by atoms with Crippen LogP contribution in [0.25, 0.3) is 0 Å². The zero-order valence-electron chi connectivity index (χ0n) is 57.1. The van der Waals surface area contributed by atoms with Crippen LogP contribution in [0.4, 0.5) is 105 Å². The van der Waals surface area contributed by atoms with Crippen molar-refractivity contribution in [2.24, 2.45) is 14.3 Å². The molecule has 0 N–H and O–H groups in total. The quantitative estimate of drug-likeness (QED) is 0.0627. The number of halogens is 24. The molecule has 3 heterocycles. The second-order valence-corrected chi connectivity index (χ2v) is 27.3. The van der Waals surface area contributed by atoms with E-state index in [1.165, 1.54) is 34.2 Å². The van der Waals surface area contributed by atoms with Crippen LogP contribution in [-0.2, 0) is 49.4 Å². The van der Waals surface area contributed by atoms with Gasteiger partial charge in [0.15, 0.2) is 0 Å². The molecular weight excluding hydrogens is 1400 g/mol. The van der Waals surface area contributed by atoms with Gasteiger partial charge in [-0.15, -0.1) is 0 Å². The molecule has 0 amide bonds. The van der Waals surface area contributed by atoms with E-state index < -0.39 is 203 Å². The van der Waals surface area contributed by atoms with Crippen LogP contribution in [0.3, 0.4) is 0 Å². The SMILES string of the molecule is Cc1c(C)n(C(C)C)c(=N[PH+](N=c2n(C(C)C)c(C)c(C)n2C(C)C)N=c2n(C(C)C)c(C)c(C)n2C(C)C)n1C(C)C.FC(F)(F)c1cc([B-](c2cc(C(F)(F)F)cc(C(F)(F)F)c2)(c2cc(C(F)(F)F)cc(C(F)(F)F)c2)c2cc(C(F)(F)F)cc(C(F)(F)F)c2)cc(C(F)(F)F)c1.